The van der Waals surface area contributed by atoms with Crippen molar-refractivity contribution >= 4 is 22.7 Å². The Hall–Kier alpha value is -3.67. The third-order valence-electron chi connectivity index (χ3n) is 3.94. The summed E-state index contributed by atoms with van der Waals surface area (Å²) in [7, 11) is 0. The second-order valence-corrected chi connectivity index (χ2v) is 5.55. The maximum Gasteiger partial charge on any atom is 0.270 e. The Morgan fingerprint density at radius 3 is 2.44 bits per heavy atom. The lowest BCUT2D eigenvalue weighted by Crippen LogP contribution is -2.22. The van der Waals surface area contributed by atoms with Crippen LogP contribution >= 0.6 is 0 Å². The zero-order chi connectivity index (χ0) is 17.2. The summed E-state index contributed by atoms with van der Waals surface area (Å²) >= 11 is 0. The summed E-state index contributed by atoms with van der Waals surface area (Å²) in [5, 5.41) is 0. The number of carbonyl (C=O) groups is 2. The van der Waals surface area contributed by atoms with Crippen molar-refractivity contribution in [2.24, 2.45) is 0 Å². The van der Waals surface area contributed by atoms with Crippen molar-refractivity contribution in [1.82, 2.24) is 14.6 Å². The van der Waals surface area contributed by atoms with E-state index in [1.807, 2.05) is 24.3 Å². The van der Waals surface area contributed by atoms with Crippen LogP contribution in [0.1, 0.15) is 26.3 Å². The predicted molar refractivity (Wildman–Crippen MR) is 94.1 cm³/mol. The molecule has 0 bridgehead atoms. The smallest absolute Gasteiger partial charge is 0.270 e. The molecule has 0 aliphatic rings. The number of para-hydroxylation sites is 2. The number of hydrogen-bond donors (Lipinski definition) is 2. The first-order chi connectivity index (χ1) is 12.2. The van der Waals surface area contributed by atoms with Gasteiger partial charge in [0.05, 0.1) is 11.0 Å². The molecular formula is C19H14N4O2. The number of nitrogens with one attached hydrogen (secondary N) is 2. The van der Waals surface area contributed by atoms with E-state index in [-0.39, 0.29) is 11.7 Å². The number of H-pyrrole nitrogens is 1. The summed E-state index contributed by atoms with van der Waals surface area (Å²) in [6.07, 6.45) is 4.91. The van der Waals surface area contributed by atoms with Crippen molar-refractivity contribution in [1.29, 1.82) is 0 Å². The molecule has 122 valence electrons. The van der Waals surface area contributed by atoms with Gasteiger partial charge in [-0.2, -0.15) is 0 Å². The summed E-state index contributed by atoms with van der Waals surface area (Å²) in [6, 6.07) is 15.8. The molecule has 0 aliphatic heterocycles. The first-order valence-electron chi connectivity index (χ1n) is 7.73. The second-order valence-electron chi connectivity index (χ2n) is 5.55. The van der Waals surface area contributed by atoms with Gasteiger partial charge in [-0.05, 0) is 30.3 Å². The molecule has 1 amide bonds. The number of ketones is 1. The summed E-state index contributed by atoms with van der Waals surface area (Å²) in [4.78, 5) is 31.8. The molecule has 25 heavy (non-hydrogen) atoms. The van der Waals surface area contributed by atoms with Crippen LogP contribution in [0, 0.1) is 0 Å². The molecule has 4 rings (SSSR count). The zero-order valence-electron chi connectivity index (χ0n) is 13.1. The third-order valence-corrected chi connectivity index (χ3v) is 3.94. The molecule has 2 aromatic carbocycles. The Morgan fingerprint density at radius 2 is 1.68 bits per heavy atom. The molecule has 2 heterocycles. The van der Waals surface area contributed by atoms with Gasteiger partial charge in [-0.15, -0.1) is 0 Å². The normalized spacial score (nSPS) is 10.7. The molecule has 0 radical (unpaired) electrons. The number of rotatable bonds is 4. The van der Waals surface area contributed by atoms with Gasteiger partial charge in [-0.25, -0.2) is 9.66 Å². The molecule has 6 nitrogen and oxygen atoms in total. The highest BCUT2D eigenvalue weighted by Crippen LogP contribution is 2.13. The SMILES string of the molecule is O=C(Nn1cnc2ccccc21)c1ccc(C(=O)c2cc[nH]c2)cc1. The fourth-order valence-electron chi connectivity index (χ4n) is 2.63. The Labute approximate surface area is 143 Å². The summed E-state index contributed by atoms with van der Waals surface area (Å²) < 4.78 is 1.58. The van der Waals surface area contributed by atoms with E-state index in [0.717, 1.165) is 11.0 Å². The van der Waals surface area contributed by atoms with Gasteiger partial charge in [0.2, 0.25) is 0 Å². The van der Waals surface area contributed by atoms with Crippen LogP contribution in [-0.4, -0.2) is 26.3 Å². The second kappa shape index (κ2) is 6.09. The molecule has 0 atom stereocenters. The van der Waals surface area contributed by atoms with Crippen LogP contribution in [0.4, 0.5) is 0 Å². The van der Waals surface area contributed by atoms with Crippen LogP contribution in [-0.2, 0) is 0 Å². The average molecular weight is 330 g/mol. The molecule has 4 aromatic rings. The first kappa shape index (κ1) is 14.9. The molecule has 2 aromatic heterocycles. The van der Waals surface area contributed by atoms with Crippen molar-refractivity contribution in [3.63, 3.8) is 0 Å². The van der Waals surface area contributed by atoms with Gasteiger partial charge in [0, 0.05) is 29.1 Å². The monoisotopic (exact) mass is 330 g/mol. The molecule has 0 fully saturated rings. The number of benzene rings is 2. The third kappa shape index (κ3) is 2.81. The van der Waals surface area contributed by atoms with E-state index in [4.69, 9.17) is 0 Å². The maximum atomic E-state index is 12.4. The minimum Gasteiger partial charge on any atom is -0.367 e. The number of carbonyl (C=O) groups excluding carboxylic acids is 2. The van der Waals surface area contributed by atoms with Gasteiger partial charge in [0.15, 0.2) is 5.78 Å². The summed E-state index contributed by atoms with van der Waals surface area (Å²) in [6.45, 7) is 0. The molecule has 0 saturated carbocycles. The number of aromatic amines is 1. The first-order valence-corrected chi connectivity index (χ1v) is 7.73. The van der Waals surface area contributed by atoms with Crippen LogP contribution < -0.4 is 5.43 Å². The van der Waals surface area contributed by atoms with Gasteiger partial charge in [-0.1, -0.05) is 24.3 Å². The highest BCUT2D eigenvalue weighted by atomic mass is 16.2. The fraction of sp³-hybridized carbons (Fsp3) is 0. The Kier molecular flexibility index (Phi) is 3.63. The lowest BCUT2D eigenvalue weighted by atomic mass is 10.0. The molecule has 0 unspecified atom stereocenters. The maximum absolute atomic E-state index is 12.4. The van der Waals surface area contributed by atoms with Crippen molar-refractivity contribution in [2.75, 3.05) is 5.43 Å². The van der Waals surface area contributed by atoms with Crippen LogP contribution in [0.15, 0.2) is 73.3 Å². The minimum atomic E-state index is -0.274. The van der Waals surface area contributed by atoms with E-state index in [2.05, 4.69) is 15.4 Å². The Balaban J connectivity index is 1.54. The van der Waals surface area contributed by atoms with Gasteiger partial charge in [0.1, 0.15) is 6.33 Å². The van der Waals surface area contributed by atoms with Gasteiger partial charge in [0.25, 0.3) is 5.91 Å². The zero-order valence-corrected chi connectivity index (χ0v) is 13.1. The predicted octanol–water partition coefficient (Wildman–Crippen LogP) is 2.98. The van der Waals surface area contributed by atoms with E-state index in [9.17, 15) is 9.59 Å². The van der Waals surface area contributed by atoms with Gasteiger partial charge < -0.3 is 4.98 Å². The van der Waals surface area contributed by atoms with E-state index >= 15 is 0 Å². The summed E-state index contributed by atoms with van der Waals surface area (Å²) in [5.41, 5.74) is 5.98. The van der Waals surface area contributed by atoms with Crippen LogP contribution in [0.5, 0.6) is 0 Å². The van der Waals surface area contributed by atoms with Gasteiger partial charge >= 0.3 is 0 Å². The van der Waals surface area contributed by atoms with Crippen molar-refractivity contribution in [3.05, 3.63) is 90.0 Å². The van der Waals surface area contributed by atoms with Crippen molar-refractivity contribution in [3.8, 4) is 0 Å². The number of aromatic nitrogens is 3. The highest BCUT2D eigenvalue weighted by Gasteiger charge is 2.12. The molecular weight excluding hydrogens is 316 g/mol. The standard InChI is InChI=1S/C19H14N4O2/c24-18(15-9-10-20-11-15)13-5-7-14(8-6-13)19(25)22-23-12-21-16-3-1-2-4-17(16)23/h1-12,20H,(H,22,25). The number of imidazole rings is 1. The lowest BCUT2D eigenvalue weighted by molar-refractivity contribution is 0.100. The Morgan fingerprint density at radius 1 is 0.920 bits per heavy atom. The van der Waals surface area contributed by atoms with Crippen LogP contribution in [0.25, 0.3) is 11.0 Å². The Bertz CT molecular complexity index is 1050. The highest BCUT2D eigenvalue weighted by molar-refractivity contribution is 6.09. The number of nitrogens with zero attached hydrogens (tertiary/aromatic N) is 2. The number of fused-ring (bicyclic) bond motifs is 1. The average Bonchev–Trinajstić information content (AvgIpc) is 3.32. The number of amides is 1. The number of hydrogen-bond acceptors (Lipinski definition) is 3. The molecule has 6 heteroatoms. The van der Waals surface area contributed by atoms with E-state index in [1.54, 1.807) is 53.7 Å². The van der Waals surface area contributed by atoms with Crippen molar-refractivity contribution < 1.29 is 9.59 Å². The lowest BCUT2D eigenvalue weighted by Gasteiger charge is -2.07. The topological polar surface area (TPSA) is 79.8 Å². The quantitative estimate of drug-likeness (QED) is 0.565. The molecule has 2 N–H and O–H groups in total. The van der Waals surface area contributed by atoms with Crippen LogP contribution in [0.3, 0.4) is 0 Å². The van der Waals surface area contributed by atoms with Crippen LogP contribution in [0.2, 0.25) is 0 Å². The van der Waals surface area contributed by atoms with E-state index < -0.39 is 0 Å². The summed E-state index contributed by atoms with van der Waals surface area (Å²) in [5.74, 6) is -0.363. The fourth-order valence-corrected chi connectivity index (χ4v) is 2.63. The van der Waals surface area contributed by atoms with Gasteiger partial charge in [-0.3, -0.25) is 15.0 Å². The van der Waals surface area contributed by atoms with Crippen molar-refractivity contribution in [2.45, 2.75) is 0 Å². The van der Waals surface area contributed by atoms with E-state index in [1.165, 1.54) is 0 Å². The largest absolute Gasteiger partial charge is 0.367 e. The van der Waals surface area contributed by atoms with E-state index in [0.29, 0.717) is 16.7 Å². The molecule has 0 spiro atoms. The molecule has 0 aliphatic carbocycles. The minimum absolute atomic E-state index is 0.0891. The molecule has 0 saturated heterocycles.